The van der Waals surface area contributed by atoms with E-state index >= 15 is 0 Å². The highest BCUT2D eigenvalue weighted by Gasteiger charge is 2.05. The summed E-state index contributed by atoms with van der Waals surface area (Å²) in [6, 6.07) is 0. The highest BCUT2D eigenvalue weighted by atomic mass is 16.5. The lowest BCUT2D eigenvalue weighted by Crippen LogP contribution is -2.06. The molecule has 0 amide bonds. The Morgan fingerprint density at radius 1 is 1.20 bits per heavy atom. The van der Waals surface area contributed by atoms with Crippen LogP contribution in [0.4, 0.5) is 0 Å². The fourth-order valence-corrected chi connectivity index (χ4v) is 0.681. The van der Waals surface area contributed by atoms with Gasteiger partial charge in [-0.2, -0.15) is 0 Å². The third-order valence-corrected chi connectivity index (χ3v) is 1.26. The first-order valence-corrected chi connectivity index (χ1v) is 4.53. The molecule has 0 rings (SSSR count). The van der Waals surface area contributed by atoms with Crippen LogP contribution < -0.4 is 0 Å². The van der Waals surface area contributed by atoms with Crippen LogP contribution in [0.5, 0.6) is 0 Å². The van der Waals surface area contributed by atoms with Gasteiger partial charge < -0.3 is 14.6 Å². The van der Waals surface area contributed by atoms with Gasteiger partial charge in [-0.3, -0.25) is 0 Å². The zero-order valence-corrected chi connectivity index (χ0v) is 8.73. The largest absolute Gasteiger partial charge is 0.502 e. The number of ether oxygens (including phenoxy) is 2. The summed E-state index contributed by atoms with van der Waals surface area (Å²) in [7, 11) is 0. The Kier molecular flexibility index (Phi) is 6.70. The first-order valence-electron chi connectivity index (χ1n) is 4.53. The van der Waals surface area contributed by atoms with Crippen molar-refractivity contribution < 1.29 is 24.2 Å². The average molecular weight is 214 g/mol. The van der Waals surface area contributed by atoms with Crippen molar-refractivity contribution >= 4 is 11.9 Å². The molecule has 0 bridgehead atoms. The molecular formula is C10H14O5. The molecule has 0 aliphatic rings. The SMILES string of the molecule is CCOC(=O)/C=C/C=C(\O)C(=O)OCC. The van der Waals surface area contributed by atoms with Gasteiger partial charge in [0.05, 0.1) is 13.2 Å². The first kappa shape index (κ1) is 13.2. The quantitative estimate of drug-likeness (QED) is 0.321. The number of carbonyl (C=O) groups is 2. The smallest absolute Gasteiger partial charge is 0.373 e. The van der Waals surface area contributed by atoms with Gasteiger partial charge in [-0.1, -0.05) is 6.08 Å². The van der Waals surface area contributed by atoms with Crippen LogP contribution in [-0.2, 0) is 19.1 Å². The highest BCUT2D eigenvalue weighted by molar-refractivity contribution is 5.87. The summed E-state index contributed by atoms with van der Waals surface area (Å²) in [5.41, 5.74) is 0. The zero-order chi connectivity index (χ0) is 11.7. The highest BCUT2D eigenvalue weighted by Crippen LogP contribution is 1.94. The lowest BCUT2D eigenvalue weighted by Gasteiger charge is -1.98. The summed E-state index contributed by atoms with van der Waals surface area (Å²) >= 11 is 0. The Labute approximate surface area is 88.0 Å². The molecular weight excluding hydrogens is 200 g/mol. The third kappa shape index (κ3) is 6.31. The number of rotatable bonds is 5. The van der Waals surface area contributed by atoms with E-state index in [1.165, 1.54) is 6.08 Å². The molecule has 15 heavy (non-hydrogen) atoms. The minimum absolute atomic E-state index is 0.179. The van der Waals surface area contributed by atoms with Gasteiger partial charge in [0.25, 0.3) is 0 Å². The van der Waals surface area contributed by atoms with Gasteiger partial charge >= 0.3 is 11.9 Å². The number of hydrogen-bond acceptors (Lipinski definition) is 5. The lowest BCUT2D eigenvalue weighted by molar-refractivity contribution is -0.141. The minimum Gasteiger partial charge on any atom is -0.502 e. The molecule has 0 atom stereocenters. The Balaban J connectivity index is 4.14. The fourth-order valence-electron chi connectivity index (χ4n) is 0.681. The molecule has 0 aliphatic carbocycles. The Bertz CT molecular complexity index is 278. The molecule has 0 saturated carbocycles. The predicted octanol–water partition coefficient (Wildman–Crippen LogP) is 1.11. The average Bonchev–Trinajstić information content (AvgIpc) is 2.18. The van der Waals surface area contributed by atoms with Gasteiger partial charge in [-0.25, -0.2) is 9.59 Å². The van der Waals surface area contributed by atoms with Crippen molar-refractivity contribution in [3.63, 3.8) is 0 Å². The first-order chi connectivity index (χ1) is 7.11. The van der Waals surface area contributed by atoms with E-state index in [1.807, 2.05) is 0 Å². The molecule has 0 spiro atoms. The molecule has 1 N–H and O–H groups in total. The van der Waals surface area contributed by atoms with Gasteiger partial charge in [0.2, 0.25) is 5.76 Å². The van der Waals surface area contributed by atoms with Crippen LogP contribution in [0.1, 0.15) is 13.8 Å². The molecule has 5 heteroatoms. The van der Waals surface area contributed by atoms with Gasteiger partial charge in [-0.05, 0) is 19.9 Å². The summed E-state index contributed by atoms with van der Waals surface area (Å²) in [6.45, 7) is 3.76. The molecule has 0 radical (unpaired) electrons. The van der Waals surface area contributed by atoms with Crippen LogP contribution in [0.2, 0.25) is 0 Å². The van der Waals surface area contributed by atoms with Crippen molar-refractivity contribution in [2.75, 3.05) is 13.2 Å². The van der Waals surface area contributed by atoms with E-state index in [4.69, 9.17) is 5.11 Å². The Morgan fingerprint density at radius 2 is 1.80 bits per heavy atom. The molecule has 0 unspecified atom stereocenters. The molecule has 0 aromatic rings. The minimum atomic E-state index is -0.828. The van der Waals surface area contributed by atoms with Crippen molar-refractivity contribution in [2.24, 2.45) is 0 Å². The number of hydrogen-bond donors (Lipinski definition) is 1. The summed E-state index contributed by atoms with van der Waals surface area (Å²) < 4.78 is 9.08. The molecule has 0 aliphatic heterocycles. The van der Waals surface area contributed by atoms with E-state index in [1.54, 1.807) is 13.8 Å². The maximum atomic E-state index is 10.9. The number of carbonyl (C=O) groups excluding carboxylic acids is 2. The molecule has 0 saturated heterocycles. The van der Waals surface area contributed by atoms with E-state index in [0.29, 0.717) is 0 Å². The van der Waals surface area contributed by atoms with E-state index in [0.717, 1.165) is 12.2 Å². The third-order valence-electron chi connectivity index (χ3n) is 1.26. The predicted molar refractivity (Wildman–Crippen MR) is 53.1 cm³/mol. The summed E-state index contributed by atoms with van der Waals surface area (Å²) in [5.74, 6) is -1.92. The number of esters is 2. The molecule has 0 aromatic heterocycles. The van der Waals surface area contributed by atoms with Gasteiger partial charge in [-0.15, -0.1) is 0 Å². The van der Waals surface area contributed by atoms with Crippen LogP contribution >= 0.6 is 0 Å². The van der Waals surface area contributed by atoms with Crippen molar-refractivity contribution in [3.8, 4) is 0 Å². The maximum Gasteiger partial charge on any atom is 0.373 e. The Morgan fingerprint density at radius 3 is 2.33 bits per heavy atom. The topological polar surface area (TPSA) is 72.8 Å². The van der Waals surface area contributed by atoms with E-state index in [-0.39, 0.29) is 13.2 Å². The maximum absolute atomic E-state index is 10.9. The lowest BCUT2D eigenvalue weighted by atomic mass is 10.4. The molecule has 5 nitrogen and oxygen atoms in total. The summed E-state index contributed by atoms with van der Waals surface area (Å²) in [4.78, 5) is 21.6. The number of allylic oxidation sites excluding steroid dienone is 2. The monoisotopic (exact) mass is 214 g/mol. The standard InChI is InChI=1S/C10H14O5/c1-3-14-9(12)7-5-6-8(11)10(13)15-4-2/h5-7,11H,3-4H2,1-2H3/b7-5+,8-6-. The molecule has 0 fully saturated rings. The summed E-state index contributed by atoms with van der Waals surface area (Å²) in [5, 5.41) is 9.07. The van der Waals surface area contributed by atoms with Crippen molar-refractivity contribution in [3.05, 3.63) is 24.0 Å². The van der Waals surface area contributed by atoms with Crippen molar-refractivity contribution in [1.82, 2.24) is 0 Å². The van der Waals surface area contributed by atoms with Crippen LogP contribution in [0, 0.1) is 0 Å². The second kappa shape index (κ2) is 7.61. The van der Waals surface area contributed by atoms with Gasteiger partial charge in [0.1, 0.15) is 0 Å². The number of aliphatic hydroxyl groups excluding tert-OH is 1. The van der Waals surface area contributed by atoms with Gasteiger partial charge in [0.15, 0.2) is 0 Å². The molecule has 0 heterocycles. The van der Waals surface area contributed by atoms with Crippen LogP contribution in [0.25, 0.3) is 0 Å². The van der Waals surface area contributed by atoms with Crippen molar-refractivity contribution in [2.45, 2.75) is 13.8 Å². The summed E-state index contributed by atoms with van der Waals surface area (Å²) in [6.07, 6.45) is 3.37. The molecule has 84 valence electrons. The zero-order valence-electron chi connectivity index (χ0n) is 8.73. The normalized spacial score (nSPS) is 11.5. The second-order valence-corrected chi connectivity index (χ2v) is 2.38. The Hall–Kier alpha value is -1.78. The van der Waals surface area contributed by atoms with E-state index in [2.05, 4.69) is 9.47 Å². The van der Waals surface area contributed by atoms with E-state index in [9.17, 15) is 9.59 Å². The van der Waals surface area contributed by atoms with Gasteiger partial charge in [0, 0.05) is 6.08 Å². The van der Waals surface area contributed by atoms with E-state index < -0.39 is 17.7 Å². The fraction of sp³-hybridized carbons (Fsp3) is 0.400. The molecule has 0 aromatic carbocycles. The van der Waals surface area contributed by atoms with Crippen molar-refractivity contribution in [1.29, 1.82) is 0 Å². The number of aliphatic hydroxyl groups is 1. The van der Waals surface area contributed by atoms with Crippen LogP contribution in [0.3, 0.4) is 0 Å². The second-order valence-electron chi connectivity index (χ2n) is 2.38. The van der Waals surface area contributed by atoms with Crippen LogP contribution in [-0.4, -0.2) is 30.3 Å². The van der Waals surface area contributed by atoms with Crippen LogP contribution in [0.15, 0.2) is 24.0 Å².